The molecule has 82 valence electrons. The summed E-state index contributed by atoms with van der Waals surface area (Å²) in [5, 5.41) is 0. The minimum atomic E-state index is 0.574. The molecule has 2 heterocycles. The number of hydrogen-bond acceptors (Lipinski definition) is 3. The highest BCUT2D eigenvalue weighted by Crippen LogP contribution is 2.18. The van der Waals surface area contributed by atoms with Gasteiger partial charge in [0.25, 0.3) is 0 Å². The van der Waals surface area contributed by atoms with Gasteiger partial charge < -0.3 is 9.64 Å². The van der Waals surface area contributed by atoms with Crippen LogP contribution in [-0.4, -0.2) is 36.1 Å². The van der Waals surface area contributed by atoms with Gasteiger partial charge in [0, 0.05) is 12.2 Å². The highest BCUT2D eigenvalue weighted by atomic mass is 16.5. The van der Waals surface area contributed by atoms with Crippen molar-refractivity contribution in [3.8, 4) is 5.75 Å². The maximum absolute atomic E-state index is 5.79. The van der Waals surface area contributed by atoms with Crippen molar-refractivity contribution < 1.29 is 4.74 Å². The fourth-order valence-electron chi connectivity index (χ4n) is 2.00. The average Bonchev–Trinajstić information content (AvgIpc) is 2.63. The number of pyridine rings is 1. The van der Waals surface area contributed by atoms with Gasteiger partial charge in [0.15, 0.2) is 0 Å². The number of aryl methyl sites for hydroxylation is 1. The molecule has 1 saturated heterocycles. The molecule has 0 amide bonds. The van der Waals surface area contributed by atoms with Gasteiger partial charge in [-0.25, -0.2) is 0 Å². The van der Waals surface area contributed by atoms with E-state index in [0.717, 1.165) is 18.1 Å². The van der Waals surface area contributed by atoms with Gasteiger partial charge in [-0.2, -0.15) is 0 Å². The topological polar surface area (TPSA) is 25.4 Å². The maximum atomic E-state index is 5.79. The van der Waals surface area contributed by atoms with Crippen molar-refractivity contribution in [1.29, 1.82) is 0 Å². The van der Waals surface area contributed by atoms with Crippen LogP contribution in [-0.2, 0) is 0 Å². The molecule has 1 aliphatic heterocycles. The monoisotopic (exact) mass is 206 g/mol. The Morgan fingerprint density at radius 2 is 2.47 bits per heavy atom. The van der Waals surface area contributed by atoms with Crippen LogP contribution in [0.5, 0.6) is 5.75 Å². The molecule has 2 rings (SSSR count). The summed E-state index contributed by atoms with van der Waals surface area (Å²) in [6.07, 6.45) is 4.33. The van der Waals surface area contributed by atoms with E-state index in [-0.39, 0.29) is 0 Å². The first-order valence-corrected chi connectivity index (χ1v) is 5.52. The molecule has 0 saturated carbocycles. The lowest BCUT2D eigenvalue weighted by molar-refractivity contribution is 0.197. The van der Waals surface area contributed by atoms with Crippen LogP contribution in [0.15, 0.2) is 18.3 Å². The molecule has 3 heteroatoms. The van der Waals surface area contributed by atoms with Crippen molar-refractivity contribution >= 4 is 0 Å². The lowest BCUT2D eigenvalue weighted by Gasteiger charge is -2.19. The molecule has 15 heavy (non-hydrogen) atoms. The molecule has 0 bridgehead atoms. The number of likely N-dealkylation sites (tertiary alicyclic amines) is 1. The van der Waals surface area contributed by atoms with E-state index in [1.165, 1.54) is 19.4 Å². The van der Waals surface area contributed by atoms with Crippen LogP contribution in [0.3, 0.4) is 0 Å². The van der Waals surface area contributed by atoms with Gasteiger partial charge in [-0.15, -0.1) is 0 Å². The molecule has 0 radical (unpaired) electrons. The summed E-state index contributed by atoms with van der Waals surface area (Å²) < 4.78 is 5.79. The van der Waals surface area contributed by atoms with Crippen LogP contribution < -0.4 is 4.74 Å². The maximum Gasteiger partial charge on any atom is 0.140 e. The summed E-state index contributed by atoms with van der Waals surface area (Å²) in [6.45, 7) is 3.96. The Morgan fingerprint density at radius 1 is 1.60 bits per heavy atom. The van der Waals surface area contributed by atoms with E-state index in [9.17, 15) is 0 Å². The lowest BCUT2D eigenvalue weighted by atomic mass is 10.2. The van der Waals surface area contributed by atoms with Crippen molar-refractivity contribution in [3.63, 3.8) is 0 Å². The van der Waals surface area contributed by atoms with Gasteiger partial charge in [0.1, 0.15) is 12.4 Å². The largest absolute Gasteiger partial charge is 0.490 e. The molecule has 1 aromatic heterocycles. The van der Waals surface area contributed by atoms with Crippen molar-refractivity contribution in [3.05, 3.63) is 24.0 Å². The predicted octanol–water partition coefficient (Wildman–Crippen LogP) is 1.86. The number of ether oxygens (including phenoxy) is 1. The Bertz CT molecular complexity index is 327. The molecule has 0 unspecified atom stereocenters. The van der Waals surface area contributed by atoms with E-state index in [0.29, 0.717) is 6.04 Å². The Morgan fingerprint density at radius 3 is 3.13 bits per heavy atom. The Hall–Kier alpha value is -1.09. The van der Waals surface area contributed by atoms with Crippen LogP contribution in [0.1, 0.15) is 18.5 Å². The minimum Gasteiger partial charge on any atom is -0.490 e. The molecular formula is C12H18N2O. The molecule has 1 aliphatic rings. The first-order chi connectivity index (χ1) is 7.27. The van der Waals surface area contributed by atoms with E-state index in [2.05, 4.69) is 16.9 Å². The lowest BCUT2D eigenvalue weighted by Crippen LogP contribution is -2.30. The Balaban J connectivity index is 1.90. The van der Waals surface area contributed by atoms with Crippen LogP contribution in [0.4, 0.5) is 0 Å². The van der Waals surface area contributed by atoms with Gasteiger partial charge in [0.2, 0.25) is 0 Å². The third-order valence-electron chi connectivity index (χ3n) is 3.06. The van der Waals surface area contributed by atoms with Crippen LogP contribution >= 0.6 is 0 Å². The summed E-state index contributed by atoms with van der Waals surface area (Å²) in [4.78, 5) is 6.57. The molecule has 0 N–H and O–H groups in total. The second-order valence-corrected chi connectivity index (χ2v) is 4.17. The average molecular weight is 206 g/mol. The van der Waals surface area contributed by atoms with E-state index in [1.807, 2.05) is 19.1 Å². The summed E-state index contributed by atoms with van der Waals surface area (Å²) in [5.41, 5.74) is 0.971. The zero-order valence-corrected chi connectivity index (χ0v) is 9.44. The molecule has 1 fully saturated rings. The number of likely N-dealkylation sites (N-methyl/N-ethyl adjacent to an activating group) is 1. The smallest absolute Gasteiger partial charge is 0.140 e. The van der Waals surface area contributed by atoms with E-state index >= 15 is 0 Å². The molecule has 1 atom stereocenters. The second kappa shape index (κ2) is 4.62. The fraction of sp³-hybridized carbons (Fsp3) is 0.583. The summed E-state index contributed by atoms with van der Waals surface area (Å²) in [6, 6.07) is 4.47. The number of nitrogens with zero attached hydrogens (tertiary/aromatic N) is 2. The van der Waals surface area contributed by atoms with Crippen LogP contribution in [0.2, 0.25) is 0 Å². The zero-order chi connectivity index (χ0) is 10.7. The Labute approximate surface area is 91.1 Å². The Kier molecular flexibility index (Phi) is 3.21. The van der Waals surface area contributed by atoms with Crippen LogP contribution in [0.25, 0.3) is 0 Å². The van der Waals surface area contributed by atoms with Crippen molar-refractivity contribution in [2.75, 3.05) is 20.2 Å². The van der Waals surface area contributed by atoms with E-state index in [4.69, 9.17) is 4.74 Å². The third kappa shape index (κ3) is 2.48. The summed E-state index contributed by atoms with van der Waals surface area (Å²) >= 11 is 0. The molecule has 1 aromatic rings. The zero-order valence-electron chi connectivity index (χ0n) is 9.44. The van der Waals surface area contributed by atoms with Crippen LogP contribution in [0, 0.1) is 6.92 Å². The molecule has 0 aliphatic carbocycles. The fourth-order valence-corrected chi connectivity index (χ4v) is 2.00. The quantitative estimate of drug-likeness (QED) is 0.755. The van der Waals surface area contributed by atoms with Gasteiger partial charge in [-0.3, -0.25) is 4.98 Å². The van der Waals surface area contributed by atoms with E-state index < -0.39 is 0 Å². The first kappa shape index (κ1) is 10.4. The second-order valence-electron chi connectivity index (χ2n) is 4.17. The van der Waals surface area contributed by atoms with E-state index in [1.54, 1.807) is 6.20 Å². The van der Waals surface area contributed by atoms with Crippen molar-refractivity contribution in [1.82, 2.24) is 9.88 Å². The normalized spacial score (nSPS) is 21.9. The van der Waals surface area contributed by atoms with Gasteiger partial charge in [0.05, 0.1) is 5.69 Å². The SMILES string of the molecule is Cc1ncccc1OC[C@@H]1CCCN1C. The van der Waals surface area contributed by atoms with Gasteiger partial charge in [-0.1, -0.05) is 0 Å². The predicted molar refractivity (Wildman–Crippen MR) is 60.1 cm³/mol. The first-order valence-electron chi connectivity index (χ1n) is 5.52. The highest BCUT2D eigenvalue weighted by molar-refractivity contribution is 5.25. The molecular weight excluding hydrogens is 188 g/mol. The molecule has 0 spiro atoms. The van der Waals surface area contributed by atoms with Gasteiger partial charge in [-0.05, 0) is 45.5 Å². The van der Waals surface area contributed by atoms with Crippen molar-refractivity contribution in [2.24, 2.45) is 0 Å². The summed E-state index contributed by atoms with van der Waals surface area (Å²) in [5.74, 6) is 0.915. The van der Waals surface area contributed by atoms with Crippen molar-refractivity contribution in [2.45, 2.75) is 25.8 Å². The molecule has 3 nitrogen and oxygen atoms in total. The number of hydrogen-bond donors (Lipinski definition) is 0. The standard InChI is InChI=1S/C12H18N2O/c1-10-12(6-3-7-13-10)15-9-11-5-4-8-14(11)2/h3,6-7,11H,4-5,8-9H2,1-2H3/t11-/m0/s1. The number of rotatable bonds is 3. The third-order valence-corrected chi connectivity index (χ3v) is 3.06. The molecule has 0 aromatic carbocycles. The number of aromatic nitrogens is 1. The summed E-state index contributed by atoms with van der Waals surface area (Å²) in [7, 11) is 2.16. The highest BCUT2D eigenvalue weighted by Gasteiger charge is 2.21. The van der Waals surface area contributed by atoms with Gasteiger partial charge >= 0.3 is 0 Å². The minimum absolute atomic E-state index is 0.574.